The van der Waals surface area contributed by atoms with Crippen molar-refractivity contribution in [3.05, 3.63) is 23.2 Å². The van der Waals surface area contributed by atoms with Crippen molar-refractivity contribution in [1.82, 2.24) is 10.6 Å². The van der Waals surface area contributed by atoms with Gasteiger partial charge in [-0.1, -0.05) is 0 Å². The Morgan fingerprint density at radius 3 is 2.43 bits per heavy atom. The van der Waals surface area contributed by atoms with Crippen LogP contribution in [-0.2, 0) is 11.3 Å². The summed E-state index contributed by atoms with van der Waals surface area (Å²) >= 11 is 0. The number of carbonyl (C=O) groups is 3. The molecule has 5 N–H and O–H groups in total. The summed E-state index contributed by atoms with van der Waals surface area (Å²) in [7, 11) is 0. The zero-order valence-corrected chi connectivity index (χ0v) is 12.1. The van der Waals surface area contributed by atoms with Gasteiger partial charge in [-0.2, -0.15) is 0 Å². The lowest BCUT2D eigenvalue weighted by Crippen LogP contribution is -2.45. The van der Waals surface area contributed by atoms with Crippen molar-refractivity contribution in [1.29, 1.82) is 0 Å². The molecule has 8 heteroatoms. The quantitative estimate of drug-likeness (QED) is 0.609. The van der Waals surface area contributed by atoms with Crippen LogP contribution < -0.4 is 16.4 Å². The highest BCUT2D eigenvalue weighted by atomic mass is 16.4. The molecule has 0 aliphatic carbocycles. The zero-order chi connectivity index (χ0) is 16.2. The summed E-state index contributed by atoms with van der Waals surface area (Å²) in [5, 5.41) is 13.9. The summed E-state index contributed by atoms with van der Waals surface area (Å²) in [6.45, 7) is 4.89. The van der Waals surface area contributed by atoms with Crippen LogP contribution in [0.15, 0.2) is 10.5 Å². The van der Waals surface area contributed by atoms with Gasteiger partial charge in [0.05, 0.1) is 12.0 Å². The minimum absolute atomic E-state index is 0.0386. The summed E-state index contributed by atoms with van der Waals surface area (Å²) in [4.78, 5) is 33.5. The molecule has 1 aromatic heterocycles. The minimum atomic E-state index is -1.09. The number of primary amides is 1. The highest BCUT2D eigenvalue weighted by Crippen LogP contribution is 2.14. The summed E-state index contributed by atoms with van der Waals surface area (Å²) in [6.07, 6.45) is 0. The van der Waals surface area contributed by atoms with Crippen LogP contribution in [0.3, 0.4) is 0 Å². The summed E-state index contributed by atoms with van der Waals surface area (Å²) in [5.41, 5.74) is 4.39. The molecule has 8 nitrogen and oxygen atoms in total. The predicted molar refractivity (Wildman–Crippen MR) is 73.6 cm³/mol. The topological polar surface area (TPSA) is 135 Å². The molecule has 0 atom stereocenters. The van der Waals surface area contributed by atoms with Crippen LogP contribution in [0.4, 0.5) is 4.79 Å². The maximum Gasteiger partial charge on any atom is 0.339 e. The van der Waals surface area contributed by atoms with Gasteiger partial charge < -0.3 is 25.9 Å². The highest BCUT2D eigenvalue weighted by Gasteiger charge is 2.25. The van der Waals surface area contributed by atoms with Crippen molar-refractivity contribution < 1.29 is 23.9 Å². The molecule has 116 valence electrons. The number of nitrogens with two attached hydrogens (primary N) is 1. The van der Waals surface area contributed by atoms with Crippen molar-refractivity contribution >= 4 is 17.9 Å². The van der Waals surface area contributed by atoms with Gasteiger partial charge in [0.15, 0.2) is 0 Å². The Labute approximate surface area is 121 Å². The lowest BCUT2D eigenvalue weighted by molar-refractivity contribution is -0.125. The first-order valence-corrected chi connectivity index (χ1v) is 6.27. The lowest BCUT2D eigenvalue weighted by Gasteiger charge is -2.20. The van der Waals surface area contributed by atoms with E-state index in [-0.39, 0.29) is 24.4 Å². The number of hydrogen-bond donors (Lipinski definition) is 4. The van der Waals surface area contributed by atoms with Gasteiger partial charge >= 0.3 is 12.0 Å². The fourth-order valence-corrected chi connectivity index (χ4v) is 1.46. The molecule has 0 radical (unpaired) electrons. The van der Waals surface area contributed by atoms with Crippen LogP contribution >= 0.6 is 0 Å². The van der Waals surface area contributed by atoms with E-state index >= 15 is 0 Å². The van der Waals surface area contributed by atoms with E-state index in [1.54, 1.807) is 13.8 Å². The molecule has 0 spiro atoms. The third-order valence-electron chi connectivity index (χ3n) is 2.98. The van der Waals surface area contributed by atoms with E-state index in [0.717, 1.165) is 0 Å². The number of rotatable bonds is 6. The molecule has 21 heavy (non-hydrogen) atoms. The highest BCUT2D eigenvalue weighted by molar-refractivity contribution is 5.88. The van der Waals surface area contributed by atoms with E-state index in [0.29, 0.717) is 5.76 Å². The van der Waals surface area contributed by atoms with Gasteiger partial charge in [0.1, 0.15) is 17.1 Å². The third-order valence-corrected chi connectivity index (χ3v) is 2.98. The summed E-state index contributed by atoms with van der Waals surface area (Å²) in [6, 6.07) is 0.848. The van der Waals surface area contributed by atoms with Crippen LogP contribution in [-0.4, -0.2) is 29.6 Å². The standard InChI is InChI=1S/C13H19N3O5/c1-7-9(10(17)18)4-8(21-7)5-15-12(20)16-6-13(2,3)11(14)19/h4H,5-6H2,1-3H3,(H2,14,19)(H,17,18)(H2,15,16,20). The van der Waals surface area contributed by atoms with Gasteiger partial charge in [-0.15, -0.1) is 0 Å². The fourth-order valence-electron chi connectivity index (χ4n) is 1.46. The second kappa shape index (κ2) is 6.29. The van der Waals surface area contributed by atoms with Crippen molar-refractivity contribution in [3.8, 4) is 0 Å². The van der Waals surface area contributed by atoms with E-state index in [9.17, 15) is 14.4 Å². The first kappa shape index (κ1) is 16.5. The number of aromatic carboxylic acids is 1. The van der Waals surface area contributed by atoms with Gasteiger partial charge in [0.2, 0.25) is 5.91 Å². The molecule has 0 saturated carbocycles. The van der Waals surface area contributed by atoms with Gasteiger partial charge in [-0.05, 0) is 26.8 Å². The van der Waals surface area contributed by atoms with Crippen LogP contribution in [0, 0.1) is 12.3 Å². The molecule has 1 rings (SSSR count). The maximum atomic E-state index is 11.6. The fraction of sp³-hybridized carbons (Fsp3) is 0.462. The first-order valence-electron chi connectivity index (χ1n) is 6.27. The van der Waals surface area contributed by atoms with Gasteiger partial charge in [0, 0.05) is 6.54 Å². The molecular weight excluding hydrogens is 278 g/mol. The molecule has 1 heterocycles. The largest absolute Gasteiger partial charge is 0.478 e. The summed E-state index contributed by atoms with van der Waals surface area (Å²) in [5.74, 6) is -1.01. The van der Waals surface area contributed by atoms with E-state index in [1.807, 2.05) is 0 Å². The van der Waals surface area contributed by atoms with Crippen molar-refractivity contribution in [3.63, 3.8) is 0 Å². The number of carboxylic acid groups (broad SMARTS) is 1. The first-order chi connectivity index (χ1) is 9.63. The van der Waals surface area contributed by atoms with Gasteiger partial charge in [-0.25, -0.2) is 9.59 Å². The SMILES string of the molecule is Cc1oc(CNC(=O)NCC(C)(C)C(N)=O)cc1C(=O)O. The Morgan fingerprint density at radius 2 is 1.95 bits per heavy atom. The zero-order valence-electron chi connectivity index (χ0n) is 12.1. The number of urea groups is 1. The van der Waals surface area contributed by atoms with E-state index < -0.39 is 23.3 Å². The van der Waals surface area contributed by atoms with Crippen molar-refractivity contribution in [2.75, 3.05) is 6.54 Å². The maximum absolute atomic E-state index is 11.6. The van der Waals surface area contributed by atoms with Crippen molar-refractivity contribution in [2.24, 2.45) is 11.1 Å². The van der Waals surface area contributed by atoms with E-state index in [4.69, 9.17) is 15.3 Å². The molecule has 0 aliphatic rings. The predicted octanol–water partition coefficient (Wildman–Crippen LogP) is 0.597. The smallest absolute Gasteiger partial charge is 0.339 e. The Hall–Kier alpha value is -2.51. The Morgan fingerprint density at radius 1 is 1.33 bits per heavy atom. The minimum Gasteiger partial charge on any atom is -0.478 e. The summed E-state index contributed by atoms with van der Waals surface area (Å²) < 4.78 is 5.21. The number of furan rings is 1. The molecule has 0 bridgehead atoms. The van der Waals surface area contributed by atoms with Crippen LogP contribution in [0.2, 0.25) is 0 Å². The second-order valence-corrected chi connectivity index (χ2v) is 5.27. The van der Waals surface area contributed by atoms with Crippen molar-refractivity contribution in [2.45, 2.75) is 27.3 Å². The lowest BCUT2D eigenvalue weighted by atomic mass is 9.93. The molecular formula is C13H19N3O5. The molecule has 0 aromatic carbocycles. The molecule has 0 fully saturated rings. The Balaban J connectivity index is 2.49. The average Bonchev–Trinajstić information content (AvgIpc) is 2.75. The molecule has 0 saturated heterocycles. The average molecular weight is 297 g/mol. The molecule has 0 aliphatic heterocycles. The Kier molecular flexibility index (Phi) is 4.96. The monoisotopic (exact) mass is 297 g/mol. The molecule has 3 amide bonds. The number of carboxylic acids is 1. The Bertz CT molecular complexity index is 562. The van der Waals surface area contributed by atoms with Crippen LogP contribution in [0.1, 0.15) is 35.7 Å². The van der Waals surface area contributed by atoms with E-state index in [2.05, 4.69) is 10.6 Å². The number of carbonyl (C=O) groups excluding carboxylic acids is 2. The number of aryl methyl sites for hydroxylation is 1. The molecule has 1 aromatic rings. The number of amides is 3. The second-order valence-electron chi connectivity index (χ2n) is 5.27. The normalized spacial score (nSPS) is 11.0. The van der Waals surface area contributed by atoms with Crippen LogP contribution in [0.5, 0.6) is 0 Å². The number of hydrogen-bond acceptors (Lipinski definition) is 4. The van der Waals surface area contributed by atoms with Crippen LogP contribution in [0.25, 0.3) is 0 Å². The third kappa shape index (κ3) is 4.51. The molecule has 0 unspecified atom stereocenters. The van der Waals surface area contributed by atoms with E-state index in [1.165, 1.54) is 13.0 Å². The van der Waals surface area contributed by atoms with Gasteiger partial charge in [0.25, 0.3) is 0 Å². The number of nitrogens with one attached hydrogen (secondary N) is 2. The van der Waals surface area contributed by atoms with Gasteiger partial charge in [-0.3, -0.25) is 4.79 Å².